The van der Waals surface area contributed by atoms with Gasteiger partial charge in [0.2, 0.25) is 0 Å². The quantitative estimate of drug-likeness (QED) is 0.328. The van der Waals surface area contributed by atoms with E-state index in [4.69, 9.17) is 4.52 Å². The Hall–Kier alpha value is -2.81. The van der Waals surface area contributed by atoms with Crippen molar-refractivity contribution in [3.05, 3.63) is 100 Å². The zero-order chi connectivity index (χ0) is 22.6. The number of rotatable bonds is 8. The third kappa shape index (κ3) is 4.32. The summed E-state index contributed by atoms with van der Waals surface area (Å²) in [5.41, 5.74) is 2.99. The van der Waals surface area contributed by atoms with E-state index in [0.29, 0.717) is 39.5 Å². The van der Waals surface area contributed by atoms with E-state index in [9.17, 15) is 14.2 Å². The fraction of sp³-hybridized carbons (Fsp3) is 0.231. The van der Waals surface area contributed by atoms with Gasteiger partial charge >= 0.3 is 7.37 Å². The second-order valence-electron chi connectivity index (χ2n) is 7.56. The first kappa shape index (κ1) is 22.9. The van der Waals surface area contributed by atoms with E-state index in [2.05, 4.69) is 0 Å². The van der Waals surface area contributed by atoms with E-state index in [-0.39, 0.29) is 5.78 Å². The standard InChI is InChI=1S/C26H27O4P/c1-5-12-22-23(25(27)20-13-8-6-9-14-20)18(2)17-19(3)24(22)26(28)31(29,30-4)21-15-10-7-11-16-21/h6-11,13-17H,5,12H2,1-4H3. The van der Waals surface area contributed by atoms with Crippen LogP contribution in [0.5, 0.6) is 0 Å². The summed E-state index contributed by atoms with van der Waals surface area (Å²) in [6, 6.07) is 19.4. The Morgan fingerprint density at radius 1 is 0.871 bits per heavy atom. The molecule has 0 saturated heterocycles. The molecule has 0 radical (unpaired) electrons. The van der Waals surface area contributed by atoms with Gasteiger partial charge in [-0.2, -0.15) is 0 Å². The van der Waals surface area contributed by atoms with Crippen molar-refractivity contribution in [3.8, 4) is 0 Å². The molecular formula is C26H27O4P. The Morgan fingerprint density at radius 3 is 1.97 bits per heavy atom. The van der Waals surface area contributed by atoms with Crippen LogP contribution in [0, 0.1) is 13.8 Å². The van der Waals surface area contributed by atoms with Crippen LogP contribution >= 0.6 is 7.37 Å². The SMILES string of the molecule is CCCc1c(C(=O)c2ccccc2)c(C)cc(C)c1C(=O)P(=O)(OC)c1ccccc1. The summed E-state index contributed by atoms with van der Waals surface area (Å²) in [6.45, 7) is 5.70. The van der Waals surface area contributed by atoms with Crippen molar-refractivity contribution in [2.45, 2.75) is 33.6 Å². The van der Waals surface area contributed by atoms with Gasteiger partial charge in [-0.25, -0.2) is 0 Å². The van der Waals surface area contributed by atoms with Crippen LogP contribution in [0.15, 0.2) is 66.7 Å². The van der Waals surface area contributed by atoms with Crippen molar-refractivity contribution in [2.24, 2.45) is 0 Å². The lowest BCUT2D eigenvalue weighted by atomic mass is 9.86. The molecule has 0 bridgehead atoms. The highest BCUT2D eigenvalue weighted by Crippen LogP contribution is 2.49. The summed E-state index contributed by atoms with van der Waals surface area (Å²) in [5.74, 6) is -0.137. The number of aryl methyl sites for hydroxylation is 2. The molecule has 1 atom stereocenters. The Balaban J connectivity index is 2.26. The lowest BCUT2D eigenvalue weighted by Gasteiger charge is -2.22. The van der Waals surface area contributed by atoms with Crippen molar-refractivity contribution in [3.63, 3.8) is 0 Å². The molecule has 3 aromatic rings. The number of carbonyl (C=O) groups is 2. The molecule has 0 saturated carbocycles. The monoisotopic (exact) mass is 434 g/mol. The number of ketones is 1. The molecule has 160 valence electrons. The smallest absolute Gasteiger partial charge is 0.300 e. The van der Waals surface area contributed by atoms with E-state index in [1.807, 2.05) is 45.0 Å². The molecule has 0 fully saturated rings. The predicted octanol–water partition coefficient (Wildman–Crippen LogP) is 5.88. The zero-order valence-electron chi connectivity index (χ0n) is 18.3. The number of hydrogen-bond donors (Lipinski definition) is 0. The van der Waals surface area contributed by atoms with Crippen LogP contribution < -0.4 is 5.30 Å². The van der Waals surface area contributed by atoms with Gasteiger partial charge < -0.3 is 4.52 Å². The molecule has 0 aliphatic carbocycles. The minimum absolute atomic E-state index is 0.137. The molecule has 0 heterocycles. The average molecular weight is 434 g/mol. The molecule has 5 heteroatoms. The first-order valence-corrected chi connectivity index (χ1v) is 12.0. The van der Waals surface area contributed by atoms with Gasteiger partial charge in [0.15, 0.2) is 5.78 Å². The lowest BCUT2D eigenvalue weighted by molar-refractivity contribution is 0.103. The van der Waals surface area contributed by atoms with Crippen LogP contribution in [-0.4, -0.2) is 18.4 Å². The van der Waals surface area contributed by atoms with Crippen LogP contribution in [-0.2, 0) is 15.5 Å². The second-order valence-corrected chi connectivity index (χ2v) is 9.95. The first-order chi connectivity index (χ1) is 14.8. The lowest BCUT2D eigenvalue weighted by Crippen LogP contribution is -2.20. The number of carbonyl (C=O) groups excluding carboxylic acids is 2. The van der Waals surface area contributed by atoms with Crippen molar-refractivity contribution in [1.29, 1.82) is 0 Å². The highest BCUT2D eigenvalue weighted by Gasteiger charge is 2.38. The highest BCUT2D eigenvalue weighted by molar-refractivity contribution is 7.83. The van der Waals surface area contributed by atoms with Gasteiger partial charge in [0.05, 0.1) is 0 Å². The normalized spacial score (nSPS) is 12.9. The largest absolute Gasteiger partial charge is 0.323 e. The first-order valence-electron chi connectivity index (χ1n) is 10.3. The Morgan fingerprint density at radius 2 is 1.42 bits per heavy atom. The summed E-state index contributed by atoms with van der Waals surface area (Å²) in [4.78, 5) is 27.2. The van der Waals surface area contributed by atoms with Crippen molar-refractivity contribution in [1.82, 2.24) is 0 Å². The average Bonchev–Trinajstić information content (AvgIpc) is 2.79. The molecule has 0 amide bonds. The summed E-state index contributed by atoms with van der Waals surface area (Å²) >= 11 is 0. The Kier molecular flexibility index (Phi) is 7.04. The molecule has 0 aromatic heterocycles. The van der Waals surface area contributed by atoms with E-state index < -0.39 is 12.9 Å². The Bertz CT molecular complexity index is 1150. The van der Waals surface area contributed by atoms with Gasteiger partial charge in [-0.05, 0) is 49.1 Å². The van der Waals surface area contributed by atoms with E-state index in [0.717, 1.165) is 12.0 Å². The van der Waals surface area contributed by atoms with E-state index in [1.165, 1.54) is 7.11 Å². The topological polar surface area (TPSA) is 60.4 Å². The summed E-state index contributed by atoms with van der Waals surface area (Å²) in [5, 5.41) is 0.348. The minimum Gasteiger partial charge on any atom is -0.323 e. The maximum Gasteiger partial charge on any atom is 0.300 e. The number of benzene rings is 3. The van der Waals surface area contributed by atoms with Crippen LogP contribution in [0.2, 0.25) is 0 Å². The minimum atomic E-state index is -3.83. The predicted molar refractivity (Wildman–Crippen MR) is 125 cm³/mol. The van der Waals surface area contributed by atoms with Gasteiger partial charge in [0.25, 0.3) is 5.52 Å². The van der Waals surface area contributed by atoms with Crippen molar-refractivity contribution >= 4 is 24.0 Å². The van der Waals surface area contributed by atoms with Gasteiger partial charge in [-0.3, -0.25) is 14.2 Å². The van der Waals surface area contributed by atoms with E-state index >= 15 is 0 Å². The fourth-order valence-electron chi connectivity index (χ4n) is 3.99. The molecular weight excluding hydrogens is 407 g/mol. The molecule has 3 aromatic carbocycles. The molecule has 3 rings (SSSR count). The van der Waals surface area contributed by atoms with Crippen LogP contribution in [0.25, 0.3) is 0 Å². The molecule has 0 aliphatic rings. The molecule has 31 heavy (non-hydrogen) atoms. The highest BCUT2D eigenvalue weighted by atomic mass is 31.2. The van der Waals surface area contributed by atoms with Crippen LogP contribution in [0.4, 0.5) is 0 Å². The molecule has 0 spiro atoms. The third-order valence-electron chi connectivity index (χ3n) is 5.42. The Labute approximate surface area is 183 Å². The van der Waals surface area contributed by atoms with Gasteiger partial charge in [0.1, 0.15) is 0 Å². The zero-order valence-corrected chi connectivity index (χ0v) is 19.2. The third-order valence-corrected chi connectivity index (χ3v) is 7.67. The van der Waals surface area contributed by atoms with Crippen molar-refractivity contribution in [2.75, 3.05) is 7.11 Å². The molecule has 4 nitrogen and oxygen atoms in total. The molecule has 0 aliphatic heterocycles. The summed E-state index contributed by atoms with van der Waals surface area (Å²) in [7, 11) is -2.53. The maximum atomic E-state index is 13.8. The summed E-state index contributed by atoms with van der Waals surface area (Å²) < 4.78 is 19.1. The maximum absolute atomic E-state index is 13.8. The second kappa shape index (κ2) is 9.55. The van der Waals surface area contributed by atoms with Gasteiger partial charge in [-0.15, -0.1) is 0 Å². The molecule has 1 unspecified atom stereocenters. The summed E-state index contributed by atoms with van der Waals surface area (Å²) in [6.07, 6.45) is 1.26. The van der Waals surface area contributed by atoms with Gasteiger partial charge in [-0.1, -0.05) is 67.9 Å². The van der Waals surface area contributed by atoms with E-state index in [1.54, 1.807) is 42.5 Å². The molecule has 0 N–H and O–H groups in total. The van der Waals surface area contributed by atoms with Crippen LogP contribution in [0.3, 0.4) is 0 Å². The van der Waals surface area contributed by atoms with Crippen LogP contribution in [0.1, 0.15) is 56.3 Å². The van der Waals surface area contributed by atoms with Crippen molar-refractivity contribution < 1.29 is 18.7 Å². The fourth-order valence-corrected chi connectivity index (χ4v) is 5.78. The van der Waals surface area contributed by atoms with Gasteiger partial charge in [0, 0.05) is 29.1 Å². The number of hydrogen-bond acceptors (Lipinski definition) is 4.